The normalized spacial score (nSPS) is 12.0. The minimum Gasteiger partial charge on any atom is -0.311 e. The van der Waals surface area contributed by atoms with Crippen molar-refractivity contribution < 1.29 is 0 Å². The van der Waals surface area contributed by atoms with Crippen molar-refractivity contribution in [3.63, 3.8) is 0 Å². The Morgan fingerprint density at radius 3 is 2.53 bits per heavy atom. The maximum atomic E-state index is 5.86. The van der Waals surface area contributed by atoms with E-state index < -0.39 is 0 Å². The Labute approximate surface area is 102 Å². The highest BCUT2D eigenvalue weighted by atomic mass is 35.5. The van der Waals surface area contributed by atoms with E-state index >= 15 is 0 Å². The van der Waals surface area contributed by atoms with Crippen LogP contribution in [0.2, 0.25) is 0 Å². The number of alkyl halides is 1. The zero-order valence-corrected chi connectivity index (χ0v) is 11.3. The molecule has 0 aliphatic rings. The first kappa shape index (κ1) is 13.0. The van der Waals surface area contributed by atoms with Crippen LogP contribution in [0.1, 0.15) is 30.5 Å². The number of nitrogens with one attached hydrogen (secondary N) is 1. The molecule has 0 spiro atoms. The van der Waals surface area contributed by atoms with Crippen molar-refractivity contribution >= 4 is 22.9 Å². The van der Waals surface area contributed by atoms with E-state index in [9.17, 15) is 0 Å². The lowest BCUT2D eigenvalue weighted by molar-refractivity contribution is 0.386. The first-order valence-electron chi connectivity index (χ1n) is 5.41. The summed E-state index contributed by atoms with van der Waals surface area (Å²) in [7, 11) is 0. The number of hydrogen-bond acceptors (Lipinski definition) is 2. The first-order valence-corrected chi connectivity index (χ1v) is 6.77. The van der Waals surface area contributed by atoms with E-state index in [1.54, 1.807) is 0 Å². The van der Waals surface area contributed by atoms with Crippen LogP contribution in [0.15, 0.2) is 12.1 Å². The van der Waals surface area contributed by atoms with Gasteiger partial charge in [0.05, 0.1) is 0 Å². The lowest BCUT2D eigenvalue weighted by atomic mass is 9.97. The maximum Gasteiger partial charge on any atom is 0.0300 e. The maximum absolute atomic E-state index is 5.86. The third-order valence-corrected chi connectivity index (χ3v) is 4.28. The molecular weight excluding hydrogens is 226 g/mol. The molecule has 0 aliphatic carbocycles. The molecule has 15 heavy (non-hydrogen) atoms. The van der Waals surface area contributed by atoms with Gasteiger partial charge in [-0.3, -0.25) is 0 Å². The topological polar surface area (TPSA) is 12.0 Å². The van der Waals surface area contributed by atoms with Crippen LogP contribution in [-0.4, -0.2) is 12.4 Å². The molecule has 1 nitrogen and oxygen atoms in total. The molecule has 0 radical (unpaired) electrons. The molecule has 1 heterocycles. The van der Waals surface area contributed by atoms with Crippen LogP contribution in [0.25, 0.3) is 0 Å². The molecule has 0 aromatic carbocycles. The Morgan fingerprint density at radius 2 is 2.00 bits per heavy atom. The molecule has 86 valence electrons. The Bertz CT molecular complexity index is 294. The fourth-order valence-corrected chi connectivity index (χ4v) is 2.30. The summed E-state index contributed by atoms with van der Waals surface area (Å²) >= 11 is 7.76. The Hall–Kier alpha value is -0.0500. The predicted octanol–water partition coefficient (Wildman–Crippen LogP) is 3.67. The Balaban J connectivity index is 2.31. The van der Waals surface area contributed by atoms with Crippen molar-refractivity contribution in [1.82, 2.24) is 5.32 Å². The third kappa shape index (κ3) is 4.54. The summed E-state index contributed by atoms with van der Waals surface area (Å²) in [5, 5.41) is 3.46. The number of thiophene rings is 1. The van der Waals surface area contributed by atoms with Gasteiger partial charge in [-0.2, -0.15) is 0 Å². The molecule has 1 aromatic rings. The molecule has 1 aromatic heterocycles. The smallest absolute Gasteiger partial charge is 0.0300 e. The van der Waals surface area contributed by atoms with Gasteiger partial charge in [0.2, 0.25) is 0 Å². The second-order valence-corrected chi connectivity index (χ2v) is 6.14. The molecule has 0 saturated heterocycles. The second-order valence-electron chi connectivity index (χ2n) is 4.62. The highest BCUT2D eigenvalue weighted by molar-refractivity contribution is 7.11. The van der Waals surface area contributed by atoms with E-state index in [-0.39, 0.29) is 5.41 Å². The van der Waals surface area contributed by atoms with Crippen LogP contribution < -0.4 is 5.32 Å². The molecule has 0 saturated carbocycles. The summed E-state index contributed by atoms with van der Waals surface area (Å²) in [6.45, 7) is 8.48. The van der Waals surface area contributed by atoms with E-state index in [1.165, 1.54) is 9.75 Å². The highest BCUT2D eigenvalue weighted by Gasteiger charge is 2.15. The van der Waals surface area contributed by atoms with E-state index in [1.807, 2.05) is 11.3 Å². The average Bonchev–Trinajstić information content (AvgIpc) is 2.66. The van der Waals surface area contributed by atoms with E-state index in [2.05, 4.69) is 38.2 Å². The molecule has 0 bridgehead atoms. The molecule has 0 unspecified atom stereocenters. The van der Waals surface area contributed by atoms with Crippen molar-refractivity contribution in [3.05, 3.63) is 21.9 Å². The highest BCUT2D eigenvalue weighted by Crippen LogP contribution is 2.18. The zero-order valence-electron chi connectivity index (χ0n) is 9.77. The van der Waals surface area contributed by atoms with E-state index in [4.69, 9.17) is 11.6 Å². The summed E-state index contributed by atoms with van der Waals surface area (Å²) in [4.78, 5) is 2.88. The largest absolute Gasteiger partial charge is 0.311 e. The second kappa shape index (κ2) is 5.88. The number of hydrogen-bond donors (Lipinski definition) is 1. The minimum absolute atomic E-state index is 0.187. The van der Waals surface area contributed by atoms with Crippen LogP contribution >= 0.6 is 22.9 Å². The molecule has 0 aliphatic heterocycles. The van der Waals surface area contributed by atoms with Crippen LogP contribution in [-0.2, 0) is 13.0 Å². The van der Waals surface area contributed by atoms with Crippen LogP contribution in [0.3, 0.4) is 0 Å². The molecule has 0 fully saturated rings. The first-order chi connectivity index (χ1) is 7.07. The van der Waals surface area contributed by atoms with Crippen molar-refractivity contribution in [1.29, 1.82) is 0 Å². The molecular formula is C12H20ClNS. The minimum atomic E-state index is 0.187. The third-order valence-electron chi connectivity index (χ3n) is 2.33. The SMILES string of the molecule is CCc1ccc(CNCC(C)(C)CCl)s1. The fourth-order valence-electron chi connectivity index (χ4n) is 1.28. The Morgan fingerprint density at radius 1 is 1.33 bits per heavy atom. The molecule has 0 atom stereocenters. The van der Waals surface area contributed by atoms with Gasteiger partial charge in [-0.25, -0.2) is 0 Å². The summed E-state index contributed by atoms with van der Waals surface area (Å²) in [6.07, 6.45) is 1.14. The van der Waals surface area contributed by atoms with Crippen molar-refractivity contribution in [2.24, 2.45) is 5.41 Å². The molecule has 1 rings (SSSR count). The van der Waals surface area contributed by atoms with Crippen molar-refractivity contribution in [3.8, 4) is 0 Å². The zero-order chi connectivity index (χ0) is 11.3. The van der Waals surface area contributed by atoms with Gasteiger partial charge in [-0.05, 0) is 24.0 Å². The predicted molar refractivity (Wildman–Crippen MR) is 69.9 cm³/mol. The van der Waals surface area contributed by atoms with Gasteiger partial charge in [0.25, 0.3) is 0 Å². The summed E-state index contributed by atoms with van der Waals surface area (Å²) < 4.78 is 0. The van der Waals surface area contributed by atoms with Gasteiger partial charge in [-0.15, -0.1) is 22.9 Å². The summed E-state index contributed by atoms with van der Waals surface area (Å²) in [5.74, 6) is 0.699. The molecule has 0 amide bonds. The van der Waals surface area contributed by atoms with Crippen LogP contribution in [0.4, 0.5) is 0 Å². The van der Waals surface area contributed by atoms with Crippen molar-refractivity contribution in [2.45, 2.75) is 33.7 Å². The average molecular weight is 246 g/mol. The monoisotopic (exact) mass is 245 g/mol. The lowest BCUT2D eigenvalue weighted by Gasteiger charge is -2.21. The van der Waals surface area contributed by atoms with Gasteiger partial charge in [-0.1, -0.05) is 20.8 Å². The van der Waals surface area contributed by atoms with E-state index in [0.717, 1.165) is 19.5 Å². The lowest BCUT2D eigenvalue weighted by Crippen LogP contribution is -2.30. The van der Waals surface area contributed by atoms with Crippen LogP contribution in [0.5, 0.6) is 0 Å². The molecule has 3 heteroatoms. The summed E-state index contributed by atoms with van der Waals surface area (Å²) in [6, 6.07) is 4.43. The van der Waals surface area contributed by atoms with Gasteiger partial charge in [0.15, 0.2) is 0 Å². The van der Waals surface area contributed by atoms with Gasteiger partial charge in [0.1, 0.15) is 0 Å². The summed E-state index contributed by atoms with van der Waals surface area (Å²) in [5.41, 5.74) is 0.187. The number of rotatable bonds is 6. The quantitative estimate of drug-likeness (QED) is 0.755. The number of aryl methyl sites for hydroxylation is 1. The van der Waals surface area contributed by atoms with Crippen LogP contribution in [0, 0.1) is 5.41 Å². The molecule has 1 N–H and O–H groups in total. The van der Waals surface area contributed by atoms with Gasteiger partial charge >= 0.3 is 0 Å². The van der Waals surface area contributed by atoms with E-state index in [0.29, 0.717) is 5.88 Å². The standard InChI is InChI=1S/C12H20ClNS/c1-4-10-5-6-11(15-10)7-14-9-12(2,3)8-13/h5-6,14H,4,7-9H2,1-3H3. The van der Waals surface area contributed by atoms with Gasteiger partial charge in [0, 0.05) is 28.7 Å². The Kier molecular flexibility index (Phi) is 5.10. The van der Waals surface area contributed by atoms with Crippen molar-refractivity contribution in [2.75, 3.05) is 12.4 Å². The van der Waals surface area contributed by atoms with Gasteiger partial charge < -0.3 is 5.32 Å². The number of halogens is 1. The fraction of sp³-hybridized carbons (Fsp3) is 0.667.